The van der Waals surface area contributed by atoms with Crippen LogP contribution in [0.1, 0.15) is 42.4 Å². The molecule has 0 saturated carbocycles. The van der Waals surface area contributed by atoms with Crippen molar-refractivity contribution in [3.05, 3.63) is 75.2 Å². The van der Waals surface area contributed by atoms with Crippen LogP contribution in [-0.4, -0.2) is 15.7 Å². The summed E-state index contributed by atoms with van der Waals surface area (Å²) in [5, 5.41) is 5.72. The third-order valence-electron chi connectivity index (χ3n) is 4.12. The molecule has 6 heteroatoms. The van der Waals surface area contributed by atoms with Gasteiger partial charge in [-0.25, -0.2) is 9.48 Å². The fraction of sp³-hybridized carbons (Fsp3) is 0.250. The molecule has 5 nitrogen and oxygen atoms in total. The summed E-state index contributed by atoms with van der Waals surface area (Å²) in [4.78, 5) is 25.3. The molecule has 134 valence electrons. The Morgan fingerprint density at radius 3 is 2.50 bits per heavy atom. The van der Waals surface area contributed by atoms with Gasteiger partial charge in [0.2, 0.25) is 0 Å². The topological polar surface area (TPSA) is 61.2 Å². The second-order valence-corrected chi connectivity index (χ2v) is 6.40. The number of benzene rings is 2. The molecule has 26 heavy (non-hydrogen) atoms. The third-order valence-corrected chi connectivity index (χ3v) is 4.47. The van der Waals surface area contributed by atoms with Gasteiger partial charge in [0.15, 0.2) is 5.69 Å². The van der Waals surface area contributed by atoms with E-state index in [-0.39, 0.29) is 11.3 Å². The normalized spacial score (nSPS) is 12.1. The summed E-state index contributed by atoms with van der Waals surface area (Å²) >= 11 is 6.18. The third kappa shape index (κ3) is 3.48. The monoisotopic (exact) mass is 370 g/mol. The second kappa shape index (κ2) is 7.70. The van der Waals surface area contributed by atoms with Crippen molar-refractivity contribution >= 4 is 28.3 Å². The Bertz CT molecular complexity index is 1010. The number of carbonyl (C=O) groups excluding carboxylic acids is 1. The molecule has 3 rings (SSSR count). The molecule has 0 radical (unpaired) electrons. The van der Waals surface area contributed by atoms with Crippen LogP contribution in [0, 0.1) is 0 Å². The lowest BCUT2D eigenvalue weighted by Crippen LogP contribution is -2.26. The number of hydrogen-bond donors (Lipinski definition) is 0. The van der Waals surface area contributed by atoms with Crippen LogP contribution in [0.2, 0.25) is 5.02 Å². The minimum absolute atomic E-state index is 0.132. The van der Waals surface area contributed by atoms with Crippen LogP contribution in [0.5, 0.6) is 0 Å². The van der Waals surface area contributed by atoms with Crippen molar-refractivity contribution in [2.45, 2.75) is 32.9 Å². The minimum atomic E-state index is -0.585. The lowest BCUT2D eigenvalue weighted by molar-refractivity contribution is 0.0330. The fourth-order valence-electron chi connectivity index (χ4n) is 2.83. The van der Waals surface area contributed by atoms with Gasteiger partial charge in [-0.2, -0.15) is 5.10 Å². The van der Waals surface area contributed by atoms with Gasteiger partial charge >= 0.3 is 5.97 Å². The van der Waals surface area contributed by atoms with Crippen molar-refractivity contribution in [3.63, 3.8) is 0 Å². The number of rotatable bonds is 5. The molecule has 0 bridgehead atoms. The van der Waals surface area contributed by atoms with Crippen molar-refractivity contribution in [1.82, 2.24) is 9.78 Å². The zero-order chi connectivity index (χ0) is 18.7. The molecular weight excluding hydrogens is 352 g/mol. The Hall–Kier alpha value is -2.66. The van der Waals surface area contributed by atoms with Crippen molar-refractivity contribution in [2.75, 3.05) is 0 Å². The Kier molecular flexibility index (Phi) is 5.38. The number of hydrogen-bond acceptors (Lipinski definition) is 4. The van der Waals surface area contributed by atoms with Gasteiger partial charge in [-0.3, -0.25) is 4.79 Å². The van der Waals surface area contributed by atoms with Gasteiger partial charge in [0.1, 0.15) is 6.10 Å². The predicted octanol–water partition coefficient (Wildman–Crippen LogP) is 4.38. The van der Waals surface area contributed by atoms with Gasteiger partial charge in [0, 0.05) is 22.5 Å². The van der Waals surface area contributed by atoms with Crippen molar-refractivity contribution in [1.29, 1.82) is 0 Å². The van der Waals surface area contributed by atoms with E-state index < -0.39 is 12.1 Å². The molecule has 0 aliphatic rings. The number of aryl methyl sites for hydroxylation is 1. The molecule has 0 amide bonds. The smallest absolute Gasteiger partial charge is 0.360 e. The van der Waals surface area contributed by atoms with E-state index >= 15 is 0 Å². The highest BCUT2D eigenvalue weighted by molar-refractivity contribution is 6.31. The maximum Gasteiger partial charge on any atom is 0.360 e. The molecule has 2 aromatic carbocycles. The molecular formula is C20H19ClN2O3. The van der Waals surface area contributed by atoms with Gasteiger partial charge < -0.3 is 4.74 Å². The summed E-state index contributed by atoms with van der Waals surface area (Å²) < 4.78 is 6.90. The van der Waals surface area contributed by atoms with Gasteiger partial charge in [-0.15, -0.1) is 0 Å². The Labute approximate surface area is 156 Å². The van der Waals surface area contributed by atoms with Crippen LogP contribution in [0.4, 0.5) is 0 Å². The zero-order valence-corrected chi connectivity index (χ0v) is 15.4. The first kappa shape index (κ1) is 18.1. The van der Waals surface area contributed by atoms with Crippen LogP contribution in [0.3, 0.4) is 0 Å². The van der Waals surface area contributed by atoms with Crippen LogP contribution in [0.25, 0.3) is 10.8 Å². The standard InChI is InChI=1S/C20H19ClN2O3/c1-3-12-23-19(24)16-10-5-4-9-15(16)18(22-23)20(25)26-13(2)14-8-6-7-11-17(14)21/h4-11,13H,3,12H2,1-2H3. The van der Waals surface area contributed by atoms with E-state index in [0.29, 0.717) is 27.9 Å². The number of ether oxygens (including phenoxy) is 1. The molecule has 0 spiro atoms. The highest BCUT2D eigenvalue weighted by atomic mass is 35.5. The first-order valence-corrected chi connectivity index (χ1v) is 8.86. The predicted molar refractivity (Wildman–Crippen MR) is 102 cm³/mol. The summed E-state index contributed by atoms with van der Waals surface area (Å²) in [6.07, 6.45) is 0.193. The molecule has 3 aromatic rings. The SMILES string of the molecule is CCCn1nc(C(=O)OC(C)c2ccccc2Cl)c2ccccc2c1=O. The maximum absolute atomic E-state index is 12.8. The number of halogens is 1. The highest BCUT2D eigenvalue weighted by Crippen LogP contribution is 2.26. The molecule has 0 saturated heterocycles. The van der Waals surface area contributed by atoms with E-state index in [0.717, 1.165) is 6.42 Å². The Morgan fingerprint density at radius 2 is 1.81 bits per heavy atom. The van der Waals surface area contributed by atoms with E-state index in [1.165, 1.54) is 4.68 Å². The molecule has 1 aromatic heterocycles. The first-order valence-electron chi connectivity index (χ1n) is 8.48. The minimum Gasteiger partial charge on any atom is -0.453 e. The highest BCUT2D eigenvalue weighted by Gasteiger charge is 2.21. The van der Waals surface area contributed by atoms with E-state index in [1.807, 2.05) is 25.1 Å². The van der Waals surface area contributed by atoms with Crippen LogP contribution >= 0.6 is 11.6 Å². The first-order chi connectivity index (χ1) is 12.5. The summed E-state index contributed by atoms with van der Waals surface area (Å²) in [6, 6.07) is 14.1. The summed E-state index contributed by atoms with van der Waals surface area (Å²) in [5.41, 5.74) is 0.638. The van der Waals surface area contributed by atoms with Gasteiger partial charge in [0.05, 0.1) is 5.39 Å². The Morgan fingerprint density at radius 1 is 1.15 bits per heavy atom. The summed E-state index contributed by atoms with van der Waals surface area (Å²) in [6.45, 7) is 4.13. The molecule has 0 aliphatic heterocycles. The lowest BCUT2D eigenvalue weighted by atomic mass is 10.1. The van der Waals surface area contributed by atoms with Crippen LogP contribution in [0.15, 0.2) is 53.3 Å². The van der Waals surface area contributed by atoms with Crippen LogP contribution in [-0.2, 0) is 11.3 Å². The lowest BCUT2D eigenvalue weighted by Gasteiger charge is -2.16. The van der Waals surface area contributed by atoms with E-state index in [9.17, 15) is 9.59 Å². The summed E-state index contributed by atoms with van der Waals surface area (Å²) in [7, 11) is 0. The van der Waals surface area contributed by atoms with Crippen molar-refractivity contribution in [3.8, 4) is 0 Å². The molecule has 0 fully saturated rings. The molecule has 1 unspecified atom stereocenters. The van der Waals surface area contributed by atoms with Crippen molar-refractivity contribution < 1.29 is 9.53 Å². The average Bonchev–Trinajstić information content (AvgIpc) is 2.64. The van der Waals surface area contributed by atoms with Crippen LogP contribution < -0.4 is 5.56 Å². The summed E-state index contributed by atoms with van der Waals surface area (Å²) in [5.74, 6) is -0.585. The van der Waals surface area contributed by atoms with E-state index in [1.54, 1.807) is 37.3 Å². The molecule has 0 aliphatic carbocycles. The average molecular weight is 371 g/mol. The molecule has 0 N–H and O–H groups in total. The van der Waals surface area contributed by atoms with E-state index in [4.69, 9.17) is 16.3 Å². The number of fused-ring (bicyclic) bond motifs is 1. The maximum atomic E-state index is 12.8. The zero-order valence-electron chi connectivity index (χ0n) is 14.6. The molecule has 1 atom stereocenters. The fourth-order valence-corrected chi connectivity index (χ4v) is 3.12. The number of esters is 1. The van der Waals surface area contributed by atoms with Gasteiger partial charge in [0.25, 0.3) is 5.56 Å². The second-order valence-electron chi connectivity index (χ2n) is 5.99. The van der Waals surface area contributed by atoms with Gasteiger partial charge in [-0.05, 0) is 25.5 Å². The Balaban J connectivity index is 2.01. The van der Waals surface area contributed by atoms with E-state index in [2.05, 4.69) is 5.10 Å². The van der Waals surface area contributed by atoms with Gasteiger partial charge in [-0.1, -0.05) is 54.9 Å². The van der Waals surface area contributed by atoms with Crippen molar-refractivity contribution in [2.24, 2.45) is 0 Å². The largest absolute Gasteiger partial charge is 0.453 e. The number of carbonyl (C=O) groups is 1. The number of nitrogens with zero attached hydrogens (tertiary/aromatic N) is 2. The number of aromatic nitrogens is 2. The quantitative estimate of drug-likeness (QED) is 0.625. The molecule has 1 heterocycles.